The highest BCUT2D eigenvalue weighted by Crippen LogP contribution is 2.25. The van der Waals surface area contributed by atoms with Crippen LogP contribution in [0.15, 0.2) is 97.1 Å². The van der Waals surface area contributed by atoms with Crippen molar-refractivity contribution < 1.29 is 19.5 Å². The lowest BCUT2D eigenvalue weighted by Gasteiger charge is -2.17. The van der Waals surface area contributed by atoms with Gasteiger partial charge < -0.3 is 15.7 Å². The third-order valence-electron chi connectivity index (χ3n) is 5.94. The van der Waals surface area contributed by atoms with Crippen LogP contribution in [-0.4, -0.2) is 28.9 Å². The summed E-state index contributed by atoms with van der Waals surface area (Å²) in [5.74, 6) is -2.06. The van der Waals surface area contributed by atoms with Gasteiger partial charge >= 0.3 is 5.97 Å². The number of nitrogens with one attached hydrogen (secondary N) is 2. The van der Waals surface area contributed by atoms with Gasteiger partial charge in [0.05, 0.1) is 15.6 Å². The summed E-state index contributed by atoms with van der Waals surface area (Å²) in [4.78, 5) is 37.7. The maximum Gasteiger partial charge on any atom is 0.326 e. The van der Waals surface area contributed by atoms with Gasteiger partial charge in [0.1, 0.15) is 6.04 Å². The number of carbonyl (C=O) groups is 3. The van der Waals surface area contributed by atoms with Crippen LogP contribution in [0.4, 0.5) is 5.69 Å². The van der Waals surface area contributed by atoms with Crippen LogP contribution in [0.1, 0.15) is 37.4 Å². The van der Waals surface area contributed by atoms with E-state index in [1.165, 1.54) is 0 Å². The van der Waals surface area contributed by atoms with E-state index < -0.39 is 23.8 Å². The highest BCUT2D eigenvalue weighted by atomic mass is 35.5. The predicted octanol–water partition coefficient (Wildman–Crippen LogP) is 6.26. The zero-order valence-electron chi connectivity index (χ0n) is 20.2. The first-order valence-corrected chi connectivity index (χ1v) is 12.6. The van der Waals surface area contributed by atoms with E-state index in [1.807, 2.05) is 42.5 Å². The van der Waals surface area contributed by atoms with Crippen LogP contribution in [0.5, 0.6) is 0 Å². The Morgan fingerprint density at radius 2 is 1.34 bits per heavy atom. The molecule has 0 aliphatic carbocycles. The molecule has 1 unspecified atom stereocenters. The van der Waals surface area contributed by atoms with E-state index in [0.29, 0.717) is 23.2 Å². The van der Waals surface area contributed by atoms with Crippen molar-refractivity contribution in [1.29, 1.82) is 0 Å². The zero-order valence-corrected chi connectivity index (χ0v) is 21.7. The summed E-state index contributed by atoms with van der Waals surface area (Å²) >= 11 is 12.2. The van der Waals surface area contributed by atoms with E-state index >= 15 is 0 Å². The van der Waals surface area contributed by atoms with Crippen molar-refractivity contribution in [2.45, 2.75) is 18.9 Å². The number of anilines is 1. The van der Waals surface area contributed by atoms with E-state index in [2.05, 4.69) is 10.6 Å². The molecule has 0 spiro atoms. The highest BCUT2D eigenvalue weighted by molar-refractivity contribution is 6.40. The number of carboxylic acid groups (broad SMARTS) is 1. The number of amides is 2. The normalized spacial score (nSPS) is 11.4. The number of benzene rings is 4. The number of aliphatic carboxylic acids is 1. The maximum atomic E-state index is 13.1. The molecule has 0 heterocycles. The Morgan fingerprint density at radius 3 is 2.00 bits per heavy atom. The Hall–Kier alpha value is -4.13. The second-order valence-corrected chi connectivity index (χ2v) is 9.45. The lowest BCUT2D eigenvalue weighted by molar-refractivity contribution is -0.139. The summed E-state index contributed by atoms with van der Waals surface area (Å²) in [7, 11) is 0. The summed E-state index contributed by atoms with van der Waals surface area (Å²) in [5, 5.41) is 15.6. The summed E-state index contributed by atoms with van der Waals surface area (Å²) in [6.45, 7) is 0. The summed E-state index contributed by atoms with van der Waals surface area (Å²) < 4.78 is 0. The molecule has 3 N–H and O–H groups in total. The van der Waals surface area contributed by atoms with Crippen molar-refractivity contribution in [3.05, 3.63) is 135 Å². The van der Waals surface area contributed by atoms with Gasteiger partial charge in [0.15, 0.2) is 0 Å². The van der Waals surface area contributed by atoms with E-state index in [9.17, 15) is 19.5 Å². The fourth-order valence-corrected chi connectivity index (χ4v) is 4.59. The van der Waals surface area contributed by atoms with Gasteiger partial charge in [0, 0.05) is 17.7 Å². The molecule has 8 heteroatoms. The highest BCUT2D eigenvalue weighted by Gasteiger charge is 2.23. The molecule has 0 saturated heterocycles. The van der Waals surface area contributed by atoms with Crippen LogP contribution in [0.25, 0.3) is 0 Å². The van der Waals surface area contributed by atoms with Crippen molar-refractivity contribution in [3.8, 4) is 0 Å². The molecule has 6 nitrogen and oxygen atoms in total. The molecule has 0 fully saturated rings. The minimum absolute atomic E-state index is 0.0620. The van der Waals surface area contributed by atoms with Crippen LogP contribution in [-0.2, 0) is 17.6 Å². The van der Waals surface area contributed by atoms with Crippen molar-refractivity contribution in [3.63, 3.8) is 0 Å². The molecule has 2 amide bonds. The SMILES string of the molecule is O=C(NC(Cc1ccc(NC(=O)c2c(Cl)cccc2Cl)cc1)C(=O)O)c1ccccc1Cc1ccccc1. The number of carbonyl (C=O) groups excluding carboxylic acids is 2. The molecule has 0 aliphatic rings. The van der Waals surface area contributed by atoms with Crippen molar-refractivity contribution in [2.24, 2.45) is 0 Å². The quantitative estimate of drug-likeness (QED) is 0.231. The van der Waals surface area contributed by atoms with E-state index in [1.54, 1.807) is 54.6 Å². The summed E-state index contributed by atoms with van der Waals surface area (Å²) in [6.07, 6.45) is 0.612. The first kappa shape index (κ1) is 26.9. The van der Waals surface area contributed by atoms with Crippen LogP contribution in [0.2, 0.25) is 10.0 Å². The molecule has 4 aromatic carbocycles. The molecule has 38 heavy (non-hydrogen) atoms. The number of carboxylic acids is 1. The minimum atomic E-state index is -1.15. The second-order valence-electron chi connectivity index (χ2n) is 8.64. The molecule has 0 radical (unpaired) electrons. The molecule has 1 atom stereocenters. The van der Waals surface area contributed by atoms with E-state index in [4.69, 9.17) is 23.2 Å². The minimum Gasteiger partial charge on any atom is -0.480 e. The third kappa shape index (κ3) is 6.79. The molecule has 0 aliphatic heterocycles. The average Bonchev–Trinajstić information content (AvgIpc) is 2.90. The lowest BCUT2D eigenvalue weighted by atomic mass is 9.98. The molecule has 192 valence electrons. The molecule has 4 rings (SSSR count). The molecule has 0 aromatic heterocycles. The van der Waals surface area contributed by atoms with Gasteiger partial charge in [-0.05, 0) is 53.4 Å². The fourth-order valence-electron chi connectivity index (χ4n) is 4.02. The number of hydrogen-bond donors (Lipinski definition) is 3. The summed E-state index contributed by atoms with van der Waals surface area (Å²) in [6, 6.07) is 27.2. The van der Waals surface area contributed by atoms with Crippen molar-refractivity contribution >= 4 is 46.7 Å². The Bertz CT molecular complexity index is 1440. The largest absolute Gasteiger partial charge is 0.480 e. The first-order valence-electron chi connectivity index (χ1n) is 11.8. The van der Waals surface area contributed by atoms with Crippen LogP contribution in [0, 0.1) is 0 Å². The van der Waals surface area contributed by atoms with Crippen LogP contribution in [0.3, 0.4) is 0 Å². The monoisotopic (exact) mass is 546 g/mol. The number of halogens is 2. The number of hydrogen-bond acceptors (Lipinski definition) is 3. The van der Waals surface area contributed by atoms with Gasteiger partial charge in [0.2, 0.25) is 0 Å². The van der Waals surface area contributed by atoms with Gasteiger partial charge in [0.25, 0.3) is 11.8 Å². The fraction of sp³-hybridized carbons (Fsp3) is 0.100. The predicted molar refractivity (Wildman–Crippen MR) is 149 cm³/mol. The van der Waals surface area contributed by atoms with Gasteiger partial charge in [-0.25, -0.2) is 4.79 Å². The molecular formula is C30H24Cl2N2O4. The van der Waals surface area contributed by atoms with Crippen molar-refractivity contribution in [1.82, 2.24) is 5.32 Å². The van der Waals surface area contributed by atoms with Crippen LogP contribution < -0.4 is 10.6 Å². The van der Waals surface area contributed by atoms with E-state index in [-0.39, 0.29) is 22.0 Å². The average molecular weight is 547 g/mol. The lowest BCUT2D eigenvalue weighted by Crippen LogP contribution is -2.42. The van der Waals surface area contributed by atoms with Gasteiger partial charge in [-0.1, -0.05) is 89.9 Å². The third-order valence-corrected chi connectivity index (χ3v) is 6.57. The van der Waals surface area contributed by atoms with Crippen LogP contribution >= 0.6 is 23.2 Å². The summed E-state index contributed by atoms with van der Waals surface area (Å²) in [5.41, 5.74) is 3.61. The maximum absolute atomic E-state index is 13.1. The van der Waals surface area contributed by atoms with Gasteiger partial charge in [-0.15, -0.1) is 0 Å². The Balaban J connectivity index is 1.43. The number of rotatable bonds is 9. The topological polar surface area (TPSA) is 95.5 Å². The Morgan fingerprint density at radius 1 is 0.711 bits per heavy atom. The zero-order chi connectivity index (χ0) is 27.1. The molecule has 0 bridgehead atoms. The van der Waals surface area contributed by atoms with Gasteiger partial charge in [-0.3, -0.25) is 9.59 Å². The standard InChI is InChI=1S/C30H24Cl2N2O4/c31-24-11-6-12-25(32)27(24)29(36)33-22-15-13-20(14-16-22)18-26(30(37)38)34-28(35)23-10-5-4-9-21(23)17-19-7-2-1-3-8-19/h1-16,26H,17-18H2,(H,33,36)(H,34,35)(H,37,38). The molecule has 0 saturated carbocycles. The van der Waals surface area contributed by atoms with Gasteiger partial charge in [-0.2, -0.15) is 0 Å². The first-order chi connectivity index (χ1) is 18.3. The van der Waals surface area contributed by atoms with E-state index in [0.717, 1.165) is 11.1 Å². The second kappa shape index (κ2) is 12.4. The Labute approximate surface area is 230 Å². The molecule has 4 aromatic rings. The Kier molecular flexibility index (Phi) is 8.79. The van der Waals surface area contributed by atoms with Crippen molar-refractivity contribution in [2.75, 3.05) is 5.32 Å². The smallest absolute Gasteiger partial charge is 0.326 e. The molecular weight excluding hydrogens is 523 g/mol.